The molecule has 1 heterocycles. The third-order valence-electron chi connectivity index (χ3n) is 4.59. The van der Waals surface area contributed by atoms with Gasteiger partial charge in [-0.15, -0.1) is 0 Å². The number of rotatable bonds is 5. The zero-order valence-electron chi connectivity index (χ0n) is 16.3. The van der Waals surface area contributed by atoms with Crippen molar-refractivity contribution in [3.8, 4) is 11.5 Å². The minimum Gasteiger partial charge on any atom is -0.482 e. The first-order valence-electron chi connectivity index (χ1n) is 8.99. The molecule has 28 heavy (non-hydrogen) atoms. The average Bonchev–Trinajstić information content (AvgIpc) is 2.68. The fraction of sp³-hybridized carbons (Fsp3) is 0.286. The van der Waals surface area contributed by atoms with E-state index in [2.05, 4.69) is 15.8 Å². The summed E-state index contributed by atoms with van der Waals surface area (Å²) in [5.41, 5.74) is 6.56. The molecule has 0 spiro atoms. The first-order chi connectivity index (χ1) is 13.3. The Hall–Kier alpha value is -3.35. The van der Waals surface area contributed by atoms with Crippen LogP contribution in [0.5, 0.6) is 11.5 Å². The number of hydrogen-bond donors (Lipinski definition) is 2. The van der Waals surface area contributed by atoms with Crippen molar-refractivity contribution in [1.82, 2.24) is 5.43 Å². The summed E-state index contributed by atoms with van der Waals surface area (Å²) in [6, 6.07) is 11.1. The van der Waals surface area contributed by atoms with Gasteiger partial charge in [-0.05, 0) is 68.7 Å². The maximum atomic E-state index is 12.3. The first kappa shape index (κ1) is 19.4. The Morgan fingerprint density at radius 1 is 1.29 bits per heavy atom. The largest absolute Gasteiger partial charge is 0.482 e. The molecule has 1 aliphatic heterocycles. The minimum absolute atomic E-state index is 0.00772. The summed E-state index contributed by atoms with van der Waals surface area (Å²) >= 11 is 0. The molecule has 0 unspecified atom stereocenters. The van der Waals surface area contributed by atoms with Crippen LogP contribution in [0.2, 0.25) is 0 Å². The Bertz CT molecular complexity index is 953. The van der Waals surface area contributed by atoms with Gasteiger partial charge in [0.2, 0.25) is 0 Å². The minimum atomic E-state index is -0.701. The molecule has 0 radical (unpaired) electrons. The molecular weight excluding hydrogens is 358 g/mol. The van der Waals surface area contributed by atoms with Gasteiger partial charge in [0.25, 0.3) is 11.8 Å². The number of aryl methyl sites for hydroxylation is 1. The molecule has 2 aromatic rings. The Labute approximate surface area is 163 Å². The van der Waals surface area contributed by atoms with E-state index in [4.69, 9.17) is 9.47 Å². The number of benzene rings is 2. The zero-order chi connectivity index (χ0) is 20.3. The van der Waals surface area contributed by atoms with Gasteiger partial charge in [-0.3, -0.25) is 9.59 Å². The molecule has 1 aliphatic rings. The normalized spacial score (nSPS) is 14.4. The van der Waals surface area contributed by atoms with E-state index in [1.165, 1.54) is 0 Å². The van der Waals surface area contributed by atoms with E-state index < -0.39 is 6.10 Å². The topological polar surface area (TPSA) is 89.0 Å². The zero-order valence-corrected chi connectivity index (χ0v) is 16.3. The highest BCUT2D eigenvalue weighted by molar-refractivity contribution is 6.02. The van der Waals surface area contributed by atoms with E-state index in [-0.39, 0.29) is 18.4 Å². The standard InChI is InChI=1S/C21H23N3O4/c1-12-6-5-7-18(13(12)2)28-15(4)21(26)24-23-14(3)16-8-9-19-17(10-16)22-20(25)11-27-19/h5-10,15H,11H2,1-4H3,(H,22,25)(H,24,26)/t15-/m1/s1. The van der Waals surface area contributed by atoms with Gasteiger partial charge >= 0.3 is 0 Å². The molecule has 7 heteroatoms. The number of ether oxygens (including phenoxy) is 2. The molecule has 1 atom stereocenters. The summed E-state index contributed by atoms with van der Waals surface area (Å²) in [7, 11) is 0. The Morgan fingerprint density at radius 2 is 2.07 bits per heavy atom. The van der Waals surface area contributed by atoms with E-state index >= 15 is 0 Å². The van der Waals surface area contributed by atoms with Crippen LogP contribution in [-0.2, 0) is 9.59 Å². The molecule has 3 rings (SSSR count). The van der Waals surface area contributed by atoms with E-state index in [0.717, 1.165) is 16.7 Å². The molecule has 0 aliphatic carbocycles. The summed E-state index contributed by atoms with van der Waals surface area (Å²) in [4.78, 5) is 23.8. The molecule has 7 nitrogen and oxygen atoms in total. The van der Waals surface area contributed by atoms with Crippen molar-refractivity contribution in [1.29, 1.82) is 0 Å². The Morgan fingerprint density at radius 3 is 2.86 bits per heavy atom. The van der Waals surface area contributed by atoms with Crippen molar-refractivity contribution in [2.24, 2.45) is 5.10 Å². The van der Waals surface area contributed by atoms with Crippen molar-refractivity contribution < 1.29 is 19.1 Å². The molecule has 0 saturated heterocycles. The number of hydrogen-bond acceptors (Lipinski definition) is 5. The molecule has 0 fully saturated rings. The van der Waals surface area contributed by atoms with Crippen molar-refractivity contribution in [2.45, 2.75) is 33.8 Å². The number of carbonyl (C=O) groups is 2. The quantitative estimate of drug-likeness (QED) is 0.616. The predicted octanol–water partition coefficient (Wildman–Crippen LogP) is 2.94. The van der Waals surface area contributed by atoms with Gasteiger partial charge in [-0.2, -0.15) is 5.10 Å². The molecular formula is C21H23N3O4. The van der Waals surface area contributed by atoms with Gasteiger partial charge < -0.3 is 14.8 Å². The highest BCUT2D eigenvalue weighted by atomic mass is 16.5. The van der Waals surface area contributed by atoms with Gasteiger partial charge in [-0.25, -0.2) is 5.43 Å². The van der Waals surface area contributed by atoms with Gasteiger partial charge in [0, 0.05) is 0 Å². The fourth-order valence-corrected chi connectivity index (χ4v) is 2.70. The third-order valence-corrected chi connectivity index (χ3v) is 4.59. The lowest BCUT2D eigenvalue weighted by molar-refractivity contribution is -0.127. The molecule has 2 N–H and O–H groups in total. The lowest BCUT2D eigenvalue weighted by atomic mass is 10.1. The number of fused-ring (bicyclic) bond motifs is 1. The second-order valence-electron chi connectivity index (χ2n) is 6.68. The van der Waals surface area contributed by atoms with Crippen LogP contribution < -0.4 is 20.2 Å². The van der Waals surface area contributed by atoms with Crippen LogP contribution >= 0.6 is 0 Å². The van der Waals surface area contributed by atoms with Crippen LogP contribution in [0, 0.1) is 13.8 Å². The Balaban J connectivity index is 1.65. The molecule has 146 valence electrons. The lowest BCUT2D eigenvalue weighted by Crippen LogP contribution is -2.34. The molecule has 2 amide bonds. The highest BCUT2D eigenvalue weighted by Gasteiger charge is 2.18. The average molecular weight is 381 g/mol. The van der Waals surface area contributed by atoms with Crippen molar-refractivity contribution in [3.05, 3.63) is 53.1 Å². The number of nitrogens with one attached hydrogen (secondary N) is 2. The number of hydrazone groups is 1. The summed E-state index contributed by atoms with van der Waals surface area (Å²) in [5, 5.41) is 6.90. The number of carbonyl (C=O) groups excluding carboxylic acids is 2. The van der Waals surface area contributed by atoms with E-state index in [0.29, 0.717) is 22.9 Å². The molecule has 2 aromatic carbocycles. The van der Waals surface area contributed by atoms with E-state index in [1.807, 2.05) is 38.1 Å². The maximum Gasteiger partial charge on any atom is 0.280 e. The van der Waals surface area contributed by atoms with Crippen LogP contribution in [0.3, 0.4) is 0 Å². The van der Waals surface area contributed by atoms with Crippen molar-refractivity contribution in [3.63, 3.8) is 0 Å². The first-order valence-corrected chi connectivity index (χ1v) is 8.99. The second-order valence-corrected chi connectivity index (χ2v) is 6.68. The number of nitrogens with zero attached hydrogens (tertiary/aromatic N) is 1. The SMILES string of the molecule is CC(=NNC(=O)[C@@H](C)Oc1cccc(C)c1C)c1ccc2c(c1)NC(=O)CO2. The summed E-state index contributed by atoms with van der Waals surface area (Å²) in [5.74, 6) is 0.726. The van der Waals surface area contributed by atoms with Crippen molar-refractivity contribution in [2.75, 3.05) is 11.9 Å². The lowest BCUT2D eigenvalue weighted by Gasteiger charge is -2.18. The van der Waals surface area contributed by atoms with Gasteiger partial charge in [0.05, 0.1) is 11.4 Å². The van der Waals surface area contributed by atoms with E-state index in [9.17, 15) is 9.59 Å². The van der Waals surface area contributed by atoms with Gasteiger partial charge in [0.1, 0.15) is 11.5 Å². The third kappa shape index (κ3) is 4.31. The summed E-state index contributed by atoms with van der Waals surface area (Å²) in [6.07, 6.45) is -0.701. The number of anilines is 1. The predicted molar refractivity (Wildman–Crippen MR) is 107 cm³/mol. The van der Waals surface area contributed by atoms with Crippen LogP contribution in [0.4, 0.5) is 5.69 Å². The van der Waals surface area contributed by atoms with Gasteiger partial charge in [-0.1, -0.05) is 12.1 Å². The van der Waals surface area contributed by atoms with Gasteiger partial charge in [0.15, 0.2) is 12.7 Å². The molecule has 0 saturated carbocycles. The second kappa shape index (κ2) is 8.12. The fourth-order valence-electron chi connectivity index (χ4n) is 2.70. The monoisotopic (exact) mass is 381 g/mol. The maximum absolute atomic E-state index is 12.3. The Kier molecular flexibility index (Phi) is 5.63. The number of amides is 2. The molecule has 0 aromatic heterocycles. The van der Waals surface area contributed by atoms with E-state index in [1.54, 1.807) is 26.0 Å². The van der Waals surface area contributed by atoms with Crippen LogP contribution in [0.1, 0.15) is 30.5 Å². The summed E-state index contributed by atoms with van der Waals surface area (Å²) < 4.78 is 11.1. The van der Waals surface area contributed by atoms with Crippen molar-refractivity contribution >= 4 is 23.2 Å². The van der Waals surface area contributed by atoms with Crippen LogP contribution in [0.15, 0.2) is 41.5 Å². The van der Waals surface area contributed by atoms with Crippen LogP contribution in [-0.4, -0.2) is 30.2 Å². The summed E-state index contributed by atoms with van der Waals surface area (Å²) in [6.45, 7) is 7.40. The van der Waals surface area contributed by atoms with Crippen LogP contribution in [0.25, 0.3) is 0 Å². The smallest absolute Gasteiger partial charge is 0.280 e. The molecule has 0 bridgehead atoms. The highest BCUT2D eigenvalue weighted by Crippen LogP contribution is 2.28.